The second-order valence-electron chi connectivity index (χ2n) is 8.69. The average Bonchev–Trinajstić information content (AvgIpc) is 2.92. The van der Waals surface area contributed by atoms with Crippen molar-refractivity contribution in [2.45, 2.75) is 6.54 Å². The molecule has 0 radical (unpaired) electrons. The number of pyridine rings is 1. The second-order valence-corrected chi connectivity index (χ2v) is 8.69. The number of ether oxygens (including phenoxy) is 1. The van der Waals surface area contributed by atoms with Crippen molar-refractivity contribution in [1.82, 2.24) is 14.8 Å². The first-order chi connectivity index (χ1) is 17.6. The fraction of sp³-hybridized carbons (Fsp3) is 0.172. The van der Waals surface area contributed by atoms with E-state index in [0.29, 0.717) is 24.5 Å². The van der Waals surface area contributed by atoms with E-state index in [1.165, 1.54) is 12.1 Å². The van der Waals surface area contributed by atoms with Gasteiger partial charge >= 0.3 is 0 Å². The van der Waals surface area contributed by atoms with E-state index in [2.05, 4.69) is 15.2 Å². The van der Waals surface area contributed by atoms with Crippen LogP contribution in [-0.4, -0.2) is 46.9 Å². The van der Waals surface area contributed by atoms with Gasteiger partial charge in [0.15, 0.2) is 0 Å². The van der Waals surface area contributed by atoms with Crippen LogP contribution in [0.15, 0.2) is 97.2 Å². The molecular formula is C29H27FN4O2. The maximum atomic E-state index is 13.1. The summed E-state index contributed by atoms with van der Waals surface area (Å²) in [4.78, 5) is 21.5. The van der Waals surface area contributed by atoms with Crippen molar-refractivity contribution in [3.63, 3.8) is 0 Å². The van der Waals surface area contributed by atoms with Crippen LogP contribution in [0.2, 0.25) is 0 Å². The molecule has 36 heavy (non-hydrogen) atoms. The van der Waals surface area contributed by atoms with E-state index in [0.717, 1.165) is 42.4 Å². The van der Waals surface area contributed by atoms with Gasteiger partial charge < -0.3 is 15.0 Å². The predicted octanol–water partition coefficient (Wildman–Crippen LogP) is 5.71. The first-order valence-corrected chi connectivity index (χ1v) is 11.9. The van der Waals surface area contributed by atoms with Crippen LogP contribution in [0.5, 0.6) is 11.5 Å². The number of aromatic nitrogens is 1. The van der Waals surface area contributed by atoms with Crippen molar-refractivity contribution in [3.8, 4) is 11.5 Å². The number of halogens is 1. The van der Waals surface area contributed by atoms with Crippen LogP contribution in [-0.2, 0) is 6.54 Å². The smallest absolute Gasteiger partial charge is 0.255 e. The molecule has 0 aliphatic carbocycles. The van der Waals surface area contributed by atoms with Crippen molar-refractivity contribution < 1.29 is 13.9 Å². The molecule has 7 heteroatoms. The lowest BCUT2D eigenvalue weighted by Gasteiger charge is -2.34. The third kappa shape index (κ3) is 6.06. The Kier molecular flexibility index (Phi) is 7.19. The molecule has 2 heterocycles. The van der Waals surface area contributed by atoms with Gasteiger partial charge in [-0.05, 0) is 66.2 Å². The van der Waals surface area contributed by atoms with Crippen LogP contribution in [0.4, 0.5) is 15.9 Å². The first kappa shape index (κ1) is 23.5. The van der Waals surface area contributed by atoms with Gasteiger partial charge in [-0.15, -0.1) is 0 Å². The lowest BCUT2D eigenvalue weighted by atomic mass is 10.2. The SMILES string of the molecule is O=C(c1ccc(Nc2ccc(Oc3ccccc3)cc2)nc1)N1CCN(Cc2ccc(F)cc2)CC1. The third-order valence-corrected chi connectivity index (χ3v) is 6.10. The van der Waals surface area contributed by atoms with Gasteiger partial charge in [0.1, 0.15) is 23.1 Å². The highest BCUT2D eigenvalue weighted by Crippen LogP contribution is 2.24. The predicted molar refractivity (Wildman–Crippen MR) is 138 cm³/mol. The van der Waals surface area contributed by atoms with Gasteiger partial charge in [-0.2, -0.15) is 0 Å². The highest BCUT2D eigenvalue weighted by molar-refractivity contribution is 5.94. The lowest BCUT2D eigenvalue weighted by Crippen LogP contribution is -2.48. The number of para-hydroxylation sites is 1. The molecular weight excluding hydrogens is 455 g/mol. The Morgan fingerprint density at radius 2 is 1.53 bits per heavy atom. The molecule has 1 N–H and O–H groups in total. The fourth-order valence-electron chi connectivity index (χ4n) is 4.11. The zero-order valence-electron chi connectivity index (χ0n) is 19.8. The van der Waals surface area contributed by atoms with Gasteiger partial charge in [0.05, 0.1) is 5.56 Å². The number of benzene rings is 3. The molecule has 1 fully saturated rings. The van der Waals surface area contributed by atoms with Gasteiger partial charge in [0.25, 0.3) is 5.91 Å². The first-order valence-electron chi connectivity index (χ1n) is 11.9. The van der Waals surface area contributed by atoms with E-state index >= 15 is 0 Å². The molecule has 1 aromatic heterocycles. The van der Waals surface area contributed by atoms with Crippen molar-refractivity contribution in [2.24, 2.45) is 0 Å². The maximum Gasteiger partial charge on any atom is 0.255 e. The standard InChI is InChI=1S/C29H27FN4O2/c30-24-9-6-22(7-10-24)21-33-16-18-34(19-17-33)29(35)23-8-15-28(31-20-23)32-25-11-13-27(14-12-25)36-26-4-2-1-3-5-26/h1-15,20H,16-19,21H2,(H,31,32). The van der Waals surface area contributed by atoms with Gasteiger partial charge in [0.2, 0.25) is 0 Å². The molecule has 6 nitrogen and oxygen atoms in total. The lowest BCUT2D eigenvalue weighted by molar-refractivity contribution is 0.0628. The number of anilines is 2. The van der Waals surface area contributed by atoms with E-state index in [4.69, 9.17) is 4.74 Å². The highest BCUT2D eigenvalue weighted by atomic mass is 19.1. The average molecular weight is 483 g/mol. The van der Waals surface area contributed by atoms with E-state index in [-0.39, 0.29) is 11.7 Å². The van der Waals surface area contributed by atoms with Gasteiger partial charge in [-0.25, -0.2) is 9.37 Å². The molecule has 1 aliphatic rings. The molecule has 3 aromatic carbocycles. The summed E-state index contributed by atoms with van der Waals surface area (Å²) >= 11 is 0. The van der Waals surface area contributed by atoms with E-state index in [1.54, 1.807) is 24.4 Å². The molecule has 5 rings (SSSR count). The number of hydrogen-bond acceptors (Lipinski definition) is 5. The monoisotopic (exact) mass is 482 g/mol. The van der Waals surface area contributed by atoms with Gasteiger partial charge in [-0.1, -0.05) is 30.3 Å². The quantitative estimate of drug-likeness (QED) is 0.365. The molecule has 1 saturated heterocycles. The molecule has 0 atom stereocenters. The number of nitrogens with one attached hydrogen (secondary N) is 1. The molecule has 1 amide bonds. The second kappa shape index (κ2) is 11.0. The Morgan fingerprint density at radius 1 is 0.833 bits per heavy atom. The molecule has 182 valence electrons. The van der Waals surface area contributed by atoms with Crippen molar-refractivity contribution >= 4 is 17.4 Å². The van der Waals surface area contributed by atoms with Crippen LogP contribution in [0, 0.1) is 5.82 Å². The molecule has 1 aliphatic heterocycles. The van der Waals surface area contributed by atoms with E-state index in [9.17, 15) is 9.18 Å². The summed E-state index contributed by atoms with van der Waals surface area (Å²) in [7, 11) is 0. The van der Waals surface area contributed by atoms with E-state index in [1.807, 2.05) is 65.6 Å². The Balaban J connectivity index is 1.12. The van der Waals surface area contributed by atoms with Crippen LogP contribution < -0.4 is 10.1 Å². The highest BCUT2D eigenvalue weighted by Gasteiger charge is 2.22. The van der Waals surface area contributed by atoms with Crippen molar-refractivity contribution in [3.05, 3.63) is 114 Å². The van der Waals surface area contributed by atoms with Gasteiger partial charge in [-0.3, -0.25) is 9.69 Å². The number of amides is 1. The Hall–Kier alpha value is -4.23. The summed E-state index contributed by atoms with van der Waals surface area (Å²) in [5.41, 5.74) is 2.51. The maximum absolute atomic E-state index is 13.1. The largest absolute Gasteiger partial charge is 0.457 e. The minimum absolute atomic E-state index is 0.0158. The number of carbonyl (C=O) groups excluding carboxylic acids is 1. The molecule has 0 bridgehead atoms. The van der Waals surface area contributed by atoms with Crippen molar-refractivity contribution in [1.29, 1.82) is 0 Å². The van der Waals surface area contributed by atoms with E-state index < -0.39 is 0 Å². The van der Waals surface area contributed by atoms with Crippen LogP contribution in [0.25, 0.3) is 0 Å². The zero-order valence-corrected chi connectivity index (χ0v) is 19.8. The fourth-order valence-corrected chi connectivity index (χ4v) is 4.11. The van der Waals surface area contributed by atoms with Crippen LogP contribution in [0.1, 0.15) is 15.9 Å². The number of hydrogen-bond donors (Lipinski definition) is 1. The molecule has 4 aromatic rings. The summed E-state index contributed by atoms with van der Waals surface area (Å²) in [6.07, 6.45) is 1.61. The minimum atomic E-state index is -0.227. The zero-order chi connectivity index (χ0) is 24.7. The Bertz CT molecular complexity index is 1270. The van der Waals surface area contributed by atoms with Crippen LogP contribution in [0.3, 0.4) is 0 Å². The van der Waals surface area contributed by atoms with Crippen molar-refractivity contribution in [2.75, 3.05) is 31.5 Å². The molecule has 0 unspecified atom stereocenters. The minimum Gasteiger partial charge on any atom is -0.457 e. The Morgan fingerprint density at radius 3 is 2.19 bits per heavy atom. The molecule has 0 spiro atoms. The third-order valence-electron chi connectivity index (χ3n) is 6.10. The number of carbonyl (C=O) groups is 1. The summed E-state index contributed by atoms with van der Waals surface area (Å²) < 4.78 is 18.9. The number of piperazine rings is 1. The summed E-state index contributed by atoms with van der Waals surface area (Å²) in [5.74, 6) is 1.95. The number of rotatable bonds is 7. The molecule has 0 saturated carbocycles. The summed E-state index contributed by atoms with van der Waals surface area (Å²) in [5, 5.41) is 3.25. The van der Waals surface area contributed by atoms with Gasteiger partial charge in [0, 0.05) is 44.6 Å². The normalized spacial score (nSPS) is 13.9. The summed E-state index contributed by atoms with van der Waals surface area (Å²) in [6, 6.07) is 27.4. The summed E-state index contributed by atoms with van der Waals surface area (Å²) in [6.45, 7) is 3.61. The number of nitrogens with zero attached hydrogens (tertiary/aromatic N) is 3. The van der Waals surface area contributed by atoms with Crippen LogP contribution >= 0.6 is 0 Å². The topological polar surface area (TPSA) is 57.7 Å². The Labute approximate surface area is 210 Å².